The summed E-state index contributed by atoms with van der Waals surface area (Å²) in [5.74, 6) is -0.985. The Bertz CT molecular complexity index is 460. The van der Waals surface area contributed by atoms with Crippen LogP contribution in [0.15, 0.2) is 12.7 Å². The Morgan fingerprint density at radius 3 is 3.00 bits per heavy atom. The van der Waals surface area contributed by atoms with Crippen LogP contribution in [0.5, 0.6) is 0 Å². The number of nitrogens with zero attached hydrogens (tertiary/aromatic N) is 3. The Balaban J connectivity index is 1.86. The van der Waals surface area contributed by atoms with Crippen molar-refractivity contribution in [3.8, 4) is 0 Å². The van der Waals surface area contributed by atoms with Gasteiger partial charge in [0.05, 0.1) is 12.0 Å². The van der Waals surface area contributed by atoms with E-state index in [1.54, 1.807) is 17.9 Å². The molecule has 0 bridgehead atoms. The minimum Gasteiger partial charge on any atom is -0.481 e. The summed E-state index contributed by atoms with van der Waals surface area (Å²) in [5.41, 5.74) is -0.844. The molecule has 7 heteroatoms. The van der Waals surface area contributed by atoms with Gasteiger partial charge in [-0.3, -0.25) is 14.3 Å². The molecule has 0 spiro atoms. The Morgan fingerprint density at radius 1 is 1.58 bits per heavy atom. The predicted octanol–water partition coefficient (Wildman–Crippen LogP) is 0.428. The zero-order valence-corrected chi connectivity index (χ0v) is 10.9. The van der Waals surface area contributed by atoms with Crippen molar-refractivity contribution in [3.63, 3.8) is 0 Å². The number of aliphatic carboxylic acids is 1. The van der Waals surface area contributed by atoms with Gasteiger partial charge in [0.15, 0.2) is 0 Å². The number of hydrogen-bond acceptors (Lipinski definition) is 4. The third kappa shape index (κ3) is 2.91. The first-order chi connectivity index (χ1) is 9.02. The quantitative estimate of drug-likeness (QED) is 0.805. The average Bonchev–Trinajstić information content (AvgIpc) is 2.98. The van der Waals surface area contributed by atoms with Crippen LogP contribution in [-0.2, 0) is 16.1 Å². The molecule has 0 aromatic carbocycles. The smallest absolute Gasteiger partial charge is 0.311 e. The van der Waals surface area contributed by atoms with Gasteiger partial charge in [-0.15, -0.1) is 0 Å². The number of aryl methyl sites for hydroxylation is 1. The minimum absolute atomic E-state index is 0.144. The van der Waals surface area contributed by atoms with Crippen LogP contribution >= 0.6 is 0 Å². The summed E-state index contributed by atoms with van der Waals surface area (Å²) in [7, 11) is 0. The van der Waals surface area contributed by atoms with Crippen molar-refractivity contribution < 1.29 is 14.7 Å². The van der Waals surface area contributed by atoms with Crippen LogP contribution in [0, 0.1) is 5.41 Å². The fraction of sp³-hybridized carbons (Fsp3) is 0.667. The Hall–Kier alpha value is -1.92. The molecule has 2 N–H and O–H groups in total. The summed E-state index contributed by atoms with van der Waals surface area (Å²) < 4.78 is 1.57. The van der Waals surface area contributed by atoms with E-state index in [0.29, 0.717) is 13.0 Å². The Labute approximate surface area is 111 Å². The molecule has 1 amide bonds. The van der Waals surface area contributed by atoms with Crippen molar-refractivity contribution in [2.75, 3.05) is 0 Å². The van der Waals surface area contributed by atoms with Gasteiger partial charge in [0.1, 0.15) is 12.7 Å². The molecule has 1 aromatic heterocycles. The van der Waals surface area contributed by atoms with Gasteiger partial charge in [0, 0.05) is 12.5 Å². The average molecular weight is 266 g/mol. The van der Waals surface area contributed by atoms with Crippen LogP contribution in [0.3, 0.4) is 0 Å². The molecule has 0 aliphatic heterocycles. The molecule has 1 saturated carbocycles. The molecular formula is C12H18N4O3. The van der Waals surface area contributed by atoms with Crippen LogP contribution in [-0.4, -0.2) is 37.8 Å². The van der Waals surface area contributed by atoms with Gasteiger partial charge >= 0.3 is 5.97 Å². The highest BCUT2D eigenvalue weighted by Crippen LogP contribution is 2.38. The number of rotatable bonds is 5. The number of hydrogen-bond donors (Lipinski definition) is 2. The standard InChI is InChI=1S/C12H18N4O3/c1-12(11(18)19)5-2-3-9(12)15-10(17)4-6-16-8-13-7-14-16/h7-9H,2-6H2,1H3,(H,15,17)(H,18,19). The molecule has 1 aliphatic rings. The lowest BCUT2D eigenvalue weighted by atomic mass is 9.85. The van der Waals surface area contributed by atoms with Gasteiger partial charge < -0.3 is 10.4 Å². The van der Waals surface area contributed by atoms with Gasteiger partial charge in [-0.25, -0.2) is 4.98 Å². The number of carbonyl (C=O) groups excluding carboxylic acids is 1. The molecule has 2 unspecified atom stereocenters. The molecule has 0 saturated heterocycles. The topological polar surface area (TPSA) is 97.1 Å². The molecule has 19 heavy (non-hydrogen) atoms. The van der Waals surface area contributed by atoms with Gasteiger partial charge in [0.2, 0.25) is 5.91 Å². The third-order valence-corrected chi connectivity index (χ3v) is 3.82. The second-order valence-corrected chi connectivity index (χ2v) is 5.14. The monoisotopic (exact) mass is 266 g/mol. The number of carboxylic acids is 1. The number of nitrogens with one attached hydrogen (secondary N) is 1. The van der Waals surface area contributed by atoms with Crippen molar-refractivity contribution in [2.45, 2.75) is 45.2 Å². The molecule has 1 aromatic rings. The van der Waals surface area contributed by atoms with E-state index in [-0.39, 0.29) is 18.4 Å². The first-order valence-electron chi connectivity index (χ1n) is 6.37. The van der Waals surface area contributed by atoms with Crippen LogP contribution in [0.2, 0.25) is 0 Å². The van der Waals surface area contributed by atoms with Crippen molar-refractivity contribution in [3.05, 3.63) is 12.7 Å². The molecule has 104 valence electrons. The molecule has 2 atom stereocenters. The van der Waals surface area contributed by atoms with Gasteiger partial charge in [-0.1, -0.05) is 6.42 Å². The number of amides is 1. The summed E-state index contributed by atoms with van der Waals surface area (Å²) in [5, 5.41) is 16.0. The molecule has 1 fully saturated rings. The molecular weight excluding hydrogens is 248 g/mol. The SMILES string of the molecule is CC1(C(=O)O)CCCC1NC(=O)CCn1cncn1. The summed E-state index contributed by atoms with van der Waals surface area (Å²) in [6.07, 6.45) is 5.39. The highest BCUT2D eigenvalue weighted by atomic mass is 16.4. The van der Waals surface area contributed by atoms with Crippen molar-refractivity contribution in [1.82, 2.24) is 20.1 Å². The van der Waals surface area contributed by atoms with E-state index >= 15 is 0 Å². The summed E-state index contributed by atoms with van der Waals surface area (Å²) in [6.45, 7) is 2.15. The van der Waals surface area contributed by atoms with E-state index < -0.39 is 11.4 Å². The predicted molar refractivity (Wildman–Crippen MR) is 66.2 cm³/mol. The van der Waals surface area contributed by atoms with Gasteiger partial charge in [-0.05, 0) is 19.8 Å². The summed E-state index contributed by atoms with van der Waals surface area (Å²) in [4.78, 5) is 26.9. The number of aromatic nitrogens is 3. The second kappa shape index (κ2) is 5.38. The molecule has 0 radical (unpaired) electrons. The van der Waals surface area contributed by atoms with E-state index in [2.05, 4.69) is 15.4 Å². The number of carboxylic acid groups (broad SMARTS) is 1. The number of carbonyl (C=O) groups is 2. The van der Waals surface area contributed by atoms with Crippen molar-refractivity contribution in [2.24, 2.45) is 5.41 Å². The maximum atomic E-state index is 11.8. The summed E-state index contributed by atoms with van der Waals surface area (Å²) in [6, 6.07) is -0.284. The lowest BCUT2D eigenvalue weighted by Crippen LogP contribution is -2.47. The van der Waals surface area contributed by atoms with E-state index in [1.165, 1.54) is 6.33 Å². The van der Waals surface area contributed by atoms with E-state index in [0.717, 1.165) is 12.8 Å². The van der Waals surface area contributed by atoms with E-state index in [1.807, 2.05) is 0 Å². The summed E-state index contributed by atoms with van der Waals surface area (Å²) >= 11 is 0. The van der Waals surface area contributed by atoms with Crippen molar-refractivity contribution in [1.29, 1.82) is 0 Å². The largest absolute Gasteiger partial charge is 0.481 e. The van der Waals surface area contributed by atoms with Gasteiger partial charge in [-0.2, -0.15) is 5.10 Å². The Kier molecular flexibility index (Phi) is 3.82. The lowest BCUT2D eigenvalue weighted by Gasteiger charge is -2.27. The lowest BCUT2D eigenvalue weighted by molar-refractivity contribution is -0.149. The van der Waals surface area contributed by atoms with E-state index in [9.17, 15) is 14.7 Å². The van der Waals surface area contributed by atoms with E-state index in [4.69, 9.17) is 0 Å². The first-order valence-corrected chi connectivity index (χ1v) is 6.37. The molecule has 1 heterocycles. The van der Waals surface area contributed by atoms with Gasteiger partial charge in [0.25, 0.3) is 0 Å². The van der Waals surface area contributed by atoms with Crippen LogP contribution in [0.1, 0.15) is 32.6 Å². The first kappa shape index (κ1) is 13.5. The maximum absolute atomic E-state index is 11.8. The fourth-order valence-corrected chi connectivity index (χ4v) is 2.48. The maximum Gasteiger partial charge on any atom is 0.311 e. The molecule has 7 nitrogen and oxygen atoms in total. The second-order valence-electron chi connectivity index (χ2n) is 5.14. The normalized spacial score (nSPS) is 26.3. The Morgan fingerprint density at radius 2 is 2.37 bits per heavy atom. The fourth-order valence-electron chi connectivity index (χ4n) is 2.48. The van der Waals surface area contributed by atoms with Crippen LogP contribution in [0.4, 0.5) is 0 Å². The van der Waals surface area contributed by atoms with Crippen molar-refractivity contribution >= 4 is 11.9 Å². The minimum atomic E-state index is -0.844. The van der Waals surface area contributed by atoms with Crippen LogP contribution in [0.25, 0.3) is 0 Å². The third-order valence-electron chi connectivity index (χ3n) is 3.82. The molecule has 2 rings (SSSR count). The van der Waals surface area contributed by atoms with Crippen LogP contribution < -0.4 is 5.32 Å². The molecule has 1 aliphatic carbocycles. The highest BCUT2D eigenvalue weighted by Gasteiger charge is 2.45. The zero-order chi connectivity index (χ0) is 13.9. The zero-order valence-electron chi connectivity index (χ0n) is 10.9. The highest BCUT2D eigenvalue weighted by molar-refractivity contribution is 5.80.